The summed E-state index contributed by atoms with van der Waals surface area (Å²) in [4.78, 5) is 26.8. The third-order valence-corrected chi connectivity index (χ3v) is 3.79. The molecule has 6 heteroatoms. The normalized spacial score (nSPS) is 10.6. The molecule has 25 heavy (non-hydrogen) atoms. The second kappa shape index (κ2) is 7.61. The number of hydrogen-bond acceptors (Lipinski definition) is 3. The molecule has 5 nitrogen and oxygen atoms in total. The number of fused-ring (bicyclic) bond motifs is 1. The van der Waals surface area contributed by atoms with Gasteiger partial charge < -0.3 is 15.0 Å². The Morgan fingerprint density at radius 2 is 1.84 bits per heavy atom. The lowest BCUT2D eigenvalue weighted by Gasteiger charge is -2.06. The van der Waals surface area contributed by atoms with Crippen molar-refractivity contribution < 1.29 is 18.7 Å². The Bertz CT molecular complexity index is 887. The van der Waals surface area contributed by atoms with Crippen molar-refractivity contribution in [2.24, 2.45) is 0 Å². The zero-order valence-corrected chi connectivity index (χ0v) is 13.4. The van der Waals surface area contributed by atoms with Gasteiger partial charge in [-0.25, -0.2) is 9.18 Å². The minimum Gasteiger partial charge on any atom is -0.452 e. The second-order valence-electron chi connectivity index (χ2n) is 5.55. The fraction of sp³-hybridized carbons (Fsp3) is 0.158. The van der Waals surface area contributed by atoms with Gasteiger partial charge in [0, 0.05) is 23.6 Å². The van der Waals surface area contributed by atoms with Crippen LogP contribution in [0.2, 0.25) is 0 Å². The maximum Gasteiger partial charge on any atom is 0.340 e. The van der Waals surface area contributed by atoms with E-state index in [-0.39, 0.29) is 18.3 Å². The fourth-order valence-electron chi connectivity index (χ4n) is 2.50. The third-order valence-electron chi connectivity index (χ3n) is 3.79. The minimum atomic E-state index is -0.550. The lowest BCUT2D eigenvalue weighted by atomic mass is 10.1. The molecule has 0 aliphatic rings. The van der Waals surface area contributed by atoms with E-state index in [4.69, 9.17) is 4.74 Å². The van der Waals surface area contributed by atoms with Crippen LogP contribution in [0.3, 0.4) is 0 Å². The summed E-state index contributed by atoms with van der Waals surface area (Å²) in [5.74, 6) is -1.22. The number of para-hydroxylation sites is 1. The van der Waals surface area contributed by atoms with E-state index >= 15 is 0 Å². The molecule has 0 bridgehead atoms. The molecule has 0 spiro atoms. The Hall–Kier alpha value is -3.15. The molecule has 2 N–H and O–H groups in total. The molecule has 0 unspecified atom stereocenters. The third kappa shape index (κ3) is 4.23. The predicted molar refractivity (Wildman–Crippen MR) is 91.7 cm³/mol. The van der Waals surface area contributed by atoms with E-state index in [1.54, 1.807) is 18.3 Å². The number of esters is 1. The Balaban J connectivity index is 1.45. The number of hydrogen-bond donors (Lipinski definition) is 2. The van der Waals surface area contributed by atoms with Crippen molar-refractivity contribution in [1.29, 1.82) is 0 Å². The molecule has 0 saturated carbocycles. The first kappa shape index (κ1) is 16.7. The smallest absolute Gasteiger partial charge is 0.340 e. The van der Waals surface area contributed by atoms with Gasteiger partial charge in [-0.2, -0.15) is 0 Å². The maximum atomic E-state index is 12.8. The van der Waals surface area contributed by atoms with E-state index in [0.29, 0.717) is 18.5 Å². The van der Waals surface area contributed by atoms with Crippen molar-refractivity contribution in [3.8, 4) is 0 Å². The SMILES string of the molecule is O=C(COC(=O)c1c[nH]c2ccccc12)NCCc1ccc(F)cc1. The van der Waals surface area contributed by atoms with Crippen LogP contribution in [0.5, 0.6) is 0 Å². The molecule has 3 rings (SSSR count). The summed E-state index contributed by atoms with van der Waals surface area (Å²) >= 11 is 0. The number of carbonyl (C=O) groups excluding carboxylic acids is 2. The number of amides is 1. The molecule has 0 saturated heterocycles. The van der Waals surface area contributed by atoms with Crippen molar-refractivity contribution in [1.82, 2.24) is 10.3 Å². The number of halogens is 1. The summed E-state index contributed by atoms with van der Waals surface area (Å²) in [6, 6.07) is 13.4. The summed E-state index contributed by atoms with van der Waals surface area (Å²) in [6.45, 7) is 0.0386. The van der Waals surface area contributed by atoms with Gasteiger partial charge in [-0.15, -0.1) is 0 Å². The summed E-state index contributed by atoms with van der Waals surface area (Å²) in [6.07, 6.45) is 2.14. The van der Waals surface area contributed by atoms with Gasteiger partial charge >= 0.3 is 5.97 Å². The van der Waals surface area contributed by atoms with Gasteiger partial charge in [0.2, 0.25) is 0 Å². The van der Waals surface area contributed by atoms with Crippen LogP contribution < -0.4 is 5.32 Å². The van der Waals surface area contributed by atoms with E-state index in [0.717, 1.165) is 16.5 Å². The molecular formula is C19H17FN2O3. The zero-order chi connectivity index (χ0) is 17.6. The van der Waals surface area contributed by atoms with Gasteiger partial charge in [0.1, 0.15) is 5.82 Å². The number of benzene rings is 2. The van der Waals surface area contributed by atoms with Crippen LogP contribution in [-0.4, -0.2) is 30.0 Å². The van der Waals surface area contributed by atoms with Crippen LogP contribution >= 0.6 is 0 Å². The summed E-state index contributed by atoms with van der Waals surface area (Å²) < 4.78 is 17.9. The Morgan fingerprint density at radius 3 is 2.64 bits per heavy atom. The summed E-state index contributed by atoms with van der Waals surface area (Å²) in [7, 11) is 0. The number of ether oxygens (including phenoxy) is 1. The highest BCUT2D eigenvalue weighted by atomic mass is 19.1. The van der Waals surface area contributed by atoms with Crippen LogP contribution in [0.4, 0.5) is 4.39 Å². The molecule has 0 aliphatic carbocycles. The monoisotopic (exact) mass is 340 g/mol. The number of carbonyl (C=O) groups is 2. The highest BCUT2D eigenvalue weighted by molar-refractivity contribution is 6.04. The average molecular weight is 340 g/mol. The predicted octanol–water partition coefficient (Wildman–Crippen LogP) is 2.82. The molecule has 0 atom stereocenters. The highest BCUT2D eigenvalue weighted by Gasteiger charge is 2.14. The number of nitrogens with one attached hydrogen (secondary N) is 2. The first-order valence-corrected chi connectivity index (χ1v) is 7.88. The molecule has 0 radical (unpaired) electrons. The molecule has 0 fully saturated rings. The number of aromatic amines is 1. The van der Waals surface area contributed by atoms with E-state index in [1.807, 2.05) is 24.3 Å². The molecule has 1 heterocycles. The van der Waals surface area contributed by atoms with Crippen LogP contribution in [0.1, 0.15) is 15.9 Å². The largest absolute Gasteiger partial charge is 0.452 e. The quantitative estimate of drug-likeness (QED) is 0.678. The van der Waals surface area contributed by atoms with Crippen molar-refractivity contribution in [3.05, 3.63) is 71.7 Å². The lowest BCUT2D eigenvalue weighted by molar-refractivity contribution is -0.124. The lowest BCUT2D eigenvalue weighted by Crippen LogP contribution is -2.30. The fourth-order valence-corrected chi connectivity index (χ4v) is 2.50. The van der Waals surface area contributed by atoms with Gasteiger partial charge in [0.05, 0.1) is 5.56 Å². The van der Waals surface area contributed by atoms with Crippen molar-refractivity contribution >= 4 is 22.8 Å². The zero-order valence-electron chi connectivity index (χ0n) is 13.4. The Morgan fingerprint density at radius 1 is 1.08 bits per heavy atom. The molecular weight excluding hydrogens is 323 g/mol. The van der Waals surface area contributed by atoms with Crippen LogP contribution in [-0.2, 0) is 16.0 Å². The second-order valence-corrected chi connectivity index (χ2v) is 5.55. The molecule has 2 aromatic carbocycles. The topological polar surface area (TPSA) is 71.2 Å². The summed E-state index contributed by atoms with van der Waals surface area (Å²) in [5, 5.41) is 3.42. The minimum absolute atomic E-state index is 0.294. The Labute approximate surface area is 143 Å². The van der Waals surface area contributed by atoms with Crippen LogP contribution in [0.15, 0.2) is 54.7 Å². The maximum absolute atomic E-state index is 12.8. The van der Waals surface area contributed by atoms with E-state index < -0.39 is 5.97 Å². The molecule has 128 valence electrons. The van der Waals surface area contributed by atoms with E-state index in [2.05, 4.69) is 10.3 Å². The molecule has 3 aromatic rings. The van der Waals surface area contributed by atoms with Gasteiger partial charge in [-0.1, -0.05) is 30.3 Å². The Kier molecular flexibility index (Phi) is 5.09. The standard InChI is InChI=1S/C19H17FN2O3/c20-14-7-5-13(6-8-14)9-10-21-18(23)12-25-19(24)16-11-22-17-4-2-1-3-15(16)17/h1-8,11,22H,9-10,12H2,(H,21,23). The van der Waals surface area contributed by atoms with Gasteiger partial charge in [0.25, 0.3) is 5.91 Å². The highest BCUT2D eigenvalue weighted by Crippen LogP contribution is 2.18. The van der Waals surface area contributed by atoms with Crippen molar-refractivity contribution in [2.45, 2.75) is 6.42 Å². The summed E-state index contributed by atoms with van der Waals surface area (Å²) in [5.41, 5.74) is 2.14. The van der Waals surface area contributed by atoms with Gasteiger partial charge in [-0.05, 0) is 30.2 Å². The van der Waals surface area contributed by atoms with E-state index in [9.17, 15) is 14.0 Å². The first-order chi connectivity index (χ1) is 12.1. The first-order valence-electron chi connectivity index (χ1n) is 7.88. The van der Waals surface area contributed by atoms with Crippen LogP contribution in [0, 0.1) is 5.82 Å². The van der Waals surface area contributed by atoms with Crippen molar-refractivity contribution in [3.63, 3.8) is 0 Å². The average Bonchev–Trinajstić information content (AvgIpc) is 3.05. The number of H-pyrrole nitrogens is 1. The van der Waals surface area contributed by atoms with E-state index in [1.165, 1.54) is 12.1 Å². The van der Waals surface area contributed by atoms with Gasteiger partial charge in [-0.3, -0.25) is 4.79 Å². The molecule has 0 aliphatic heterocycles. The number of aromatic nitrogens is 1. The number of rotatable bonds is 6. The molecule has 1 aromatic heterocycles. The van der Waals surface area contributed by atoms with Crippen LogP contribution in [0.25, 0.3) is 10.9 Å². The van der Waals surface area contributed by atoms with Gasteiger partial charge in [0.15, 0.2) is 6.61 Å². The molecule has 1 amide bonds. The van der Waals surface area contributed by atoms with Crippen molar-refractivity contribution in [2.75, 3.05) is 13.2 Å².